The van der Waals surface area contributed by atoms with Gasteiger partial charge in [0.15, 0.2) is 0 Å². The molecule has 0 spiro atoms. The largest absolute Gasteiger partial charge is 0.492 e. The average Bonchev–Trinajstić information content (AvgIpc) is 2.43. The van der Waals surface area contributed by atoms with Crippen molar-refractivity contribution in [2.45, 2.75) is 51.9 Å². The molecule has 1 aromatic rings. The molecule has 0 fully saturated rings. The Morgan fingerprint density at radius 3 is 2.42 bits per heavy atom. The van der Waals surface area contributed by atoms with E-state index in [2.05, 4.69) is 13.0 Å². The second-order valence-electron chi connectivity index (χ2n) is 4.73. The summed E-state index contributed by atoms with van der Waals surface area (Å²) in [4.78, 5) is 0. The first-order valence-electron chi connectivity index (χ1n) is 7.10. The minimum atomic E-state index is 0.516. The van der Waals surface area contributed by atoms with E-state index in [0.29, 0.717) is 22.9 Å². The van der Waals surface area contributed by atoms with Gasteiger partial charge in [0.25, 0.3) is 0 Å². The zero-order valence-corrected chi connectivity index (χ0v) is 12.4. The summed E-state index contributed by atoms with van der Waals surface area (Å²) >= 11 is 6.03. The number of nitriles is 1. The van der Waals surface area contributed by atoms with E-state index >= 15 is 0 Å². The molecule has 0 aliphatic carbocycles. The first-order chi connectivity index (χ1) is 9.27. The molecule has 0 atom stereocenters. The van der Waals surface area contributed by atoms with Crippen LogP contribution in [-0.2, 0) is 0 Å². The van der Waals surface area contributed by atoms with E-state index in [9.17, 15) is 0 Å². The van der Waals surface area contributed by atoms with Crippen LogP contribution in [0.5, 0.6) is 5.75 Å². The molecule has 0 saturated carbocycles. The van der Waals surface area contributed by atoms with Crippen molar-refractivity contribution in [3.63, 3.8) is 0 Å². The molecule has 0 unspecified atom stereocenters. The van der Waals surface area contributed by atoms with Gasteiger partial charge >= 0.3 is 0 Å². The highest BCUT2D eigenvalue weighted by Gasteiger charge is 2.02. The van der Waals surface area contributed by atoms with E-state index in [4.69, 9.17) is 21.6 Å². The van der Waals surface area contributed by atoms with Crippen molar-refractivity contribution in [3.8, 4) is 11.8 Å². The number of hydrogen-bond donors (Lipinski definition) is 0. The van der Waals surface area contributed by atoms with Crippen molar-refractivity contribution >= 4 is 11.6 Å². The van der Waals surface area contributed by atoms with Gasteiger partial charge in [-0.2, -0.15) is 5.26 Å². The molecule has 0 amide bonds. The molecule has 2 nitrogen and oxygen atoms in total. The smallest absolute Gasteiger partial charge is 0.137 e. The molecule has 19 heavy (non-hydrogen) atoms. The van der Waals surface area contributed by atoms with Crippen LogP contribution in [0.25, 0.3) is 0 Å². The van der Waals surface area contributed by atoms with Crippen molar-refractivity contribution in [2.75, 3.05) is 6.61 Å². The Morgan fingerprint density at radius 1 is 1.11 bits per heavy atom. The summed E-state index contributed by atoms with van der Waals surface area (Å²) in [6.45, 7) is 2.93. The number of hydrogen-bond acceptors (Lipinski definition) is 2. The maximum Gasteiger partial charge on any atom is 0.137 e. The molecule has 1 aromatic carbocycles. The standard InChI is InChI=1S/C16H22ClNO/c1-2-3-4-5-6-7-8-11-19-16-10-9-14(13-18)12-15(16)17/h9-10,12H,2-8,11H2,1H3. The summed E-state index contributed by atoms with van der Waals surface area (Å²) in [5.74, 6) is 0.673. The van der Waals surface area contributed by atoms with Crippen molar-refractivity contribution in [3.05, 3.63) is 28.8 Å². The van der Waals surface area contributed by atoms with E-state index < -0.39 is 0 Å². The van der Waals surface area contributed by atoms with Gasteiger partial charge in [0, 0.05) is 0 Å². The third-order valence-corrected chi connectivity index (χ3v) is 3.36. The number of halogens is 1. The molecule has 0 heterocycles. The molecular formula is C16H22ClNO. The fraction of sp³-hybridized carbons (Fsp3) is 0.562. The molecule has 0 N–H and O–H groups in total. The van der Waals surface area contributed by atoms with Crippen LogP contribution in [0.15, 0.2) is 18.2 Å². The number of benzene rings is 1. The number of ether oxygens (including phenoxy) is 1. The van der Waals surface area contributed by atoms with Crippen molar-refractivity contribution in [2.24, 2.45) is 0 Å². The fourth-order valence-corrected chi connectivity index (χ4v) is 2.16. The summed E-state index contributed by atoms with van der Waals surface area (Å²) in [5.41, 5.74) is 0.563. The SMILES string of the molecule is CCCCCCCCCOc1ccc(C#N)cc1Cl. The highest BCUT2D eigenvalue weighted by atomic mass is 35.5. The highest BCUT2D eigenvalue weighted by Crippen LogP contribution is 2.25. The maximum atomic E-state index is 8.74. The van der Waals surface area contributed by atoms with Crippen LogP contribution in [0.1, 0.15) is 57.4 Å². The Kier molecular flexibility index (Phi) is 8.09. The van der Waals surface area contributed by atoms with E-state index in [0.717, 1.165) is 6.42 Å². The Morgan fingerprint density at radius 2 is 1.79 bits per heavy atom. The second kappa shape index (κ2) is 9.69. The van der Waals surface area contributed by atoms with Gasteiger partial charge < -0.3 is 4.74 Å². The predicted molar refractivity (Wildman–Crippen MR) is 79.7 cm³/mol. The molecular weight excluding hydrogens is 258 g/mol. The molecule has 104 valence electrons. The van der Waals surface area contributed by atoms with E-state index in [1.165, 1.54) is 38.5 Å². The van der Waals surface area contributed by atoms with Crippen LogP contribution in [0.4, 0.5) is 0 Å². The van der Waals surface area contributed by atoms with Crippen LogP contribution in [0, 0.1) is 11.3 Å². The van der Waals surface area contributed by atoms with Gasteiger partial charge in [0.05, 0.1) is 23.3 Å². The molecule has 0 aromatic heterocycles. The van der Waals surface area contributed by atoms with Crippen molar-refractivity contribution in [1.82, 2.24) is 0 Å². The second-order valence-corrected chi connectivity index (χ2v) is 5.13. The Hall–Kier alpha value is -1.20. The van der Waals surface area contributed by atoms with Crippen LogP contribution in [0.2, 0.25) is 5.02 Å². The lowest BCUT2D eigenvalue weighted by Crippen LogP contribution is -1.98. The van der Waals surface area contributed by atoms with Gasteiger partial charge in [-0.15, -0.1) is 0 Å². The topological polar surface area (TPSA) is 33.0 Å². The lowest BCUT2D eigenvalue weighted by molar-refractivity contribution is 0.304. The molecule has 0 saturated heterocycles. The minimum absolute atomic E-state index is 0.516. The van der Waals surface area contributed by atoms with Crippen LogP contribution in [-0.4, -0.2) is 6.61 Å². The predicted octanol–water partition coefficient (Wildman–Crippen LogP) is 5.34. The quantitative estimate of drug-likeness (QED) is 0.572. The van der Waals surface area contributed by atoms with Crippen LogP contribution in [0.3, 0.4) is 0 Å². The van der Waals surface area contributed by atoms with Gasteiger partial charge in [0.2, 0.25) is 0 Å². The van der Waals surface area contributed by atoms with Gasteiger partial charge in [-0.25, -0.2) is 0 Å². The normalized spacial score (nSPS) is 10.2. The summed E-state index contributed by atoms with van der Waals surface area (Å²) in [6, 6.07) is 7.19. The van der Waals surface area contributed by atoms with Crippen LogP contribution < -0.4 is 4.74 Å². The number of nitrogens with zero attached hydrogens (tertiary/aromatic N) is 1. The minimum Gasteiger partial charge on any atom is -0.492 e. The van der Waals surface area contributed by atoms with E-state index in [1.807, 2.05) is 0 Å². The average molecular weight is 280 g/mol. The monoisotopic (exact) mass is 279 g/mol. The Bertz CT molecular complexity index is 412. The van der Waals surface area contributed by atoms with Gasteiger partial charge in [-0.05, 0) is 24.6 Å². The summed E-state index contributed by atoms with van der Waals surface area (Å²) < 4.78 is 5.62. The van der Waals surface area contributed by atoms with Gasteiger partial charge in [-0.1, -0.05) is 57.0 Å². The molecule has 0 aliphatic heterocycles. The summed E-state index contributed by atoms with van der Waals surface area (Å²) in [5, 5.41) is 9.25. The Labute approximate surface area is 121 Å². The third kappa shape index (κ3) is 6.50. The first kappa shape index (κ1) is 15.9. The lowest BCUT2D eigenvalue weighted by atomic mass is 10.1. The first-order valence-corrected chi connectivity index (χ1v) is 7.48. The van der Waals surface area contributed by atoms with E-state index in [-0.39, 0.29) is 0 Å². The Balaban J connectivity index is 2.14. The van der Waals surface area contributed by atoms with Crippen LogP contribution >= 0.6 is 11.6 Å². The van der Waals surface area contributed by atoms with Gasteiger partial charge in [-0.3, -0.25) is 0 Å². The lowest BCUT2D eigenvalue weighted by Gasteiger charge is -2.08. The highest BCUT2D eigenvalue weighted by molar-refractivity contribution is 6.32. The van der Waals surface area contributed by atoms with E-state index in [1.54, 1.807) is 18.2 Å². The summed E-state index contributed by atoms with van der Waals surface area (Å²) in [6.07, 6.45) is 8.85. The fourth-order valence-electron chi connectivity index (χ4n) is 1.93. The molecule has 1 rings (SSSR count). The zero-order valence-electron chi connectivity index (χ0n) is 11.6. The van der Waals surface area contributed by atoms with Crippen molar-refractivity contribution < 1.29 is 4.74 Å². The molecule has 0 bridgehead atoms. The third-order valence-electron chi connectivity index (χ3n) is 3.07. The molecule has 0 aliphatic rings. The van der Waals surface area contributed by atoms with Crippen molar-refractivity contribution in [1.29, 1.82) is 5.26 Å². The zero-order chi connectivity index (χ0) is 13.9. The summed E-state index contributed by atoms with van der Waals surface area (Å²) in [7, 11) is 0. The molecule has 3 heteroatoms. The molecule has 0 radical (unpaired) electrons. The number of rotatable bonds is 9. The maximum absolute atomic E-state index is 8.74. The number of unbranched alkanes of at least 4 members (excludes halogenated alkanes) is 6. The van der Waals surface area contributed by atoms with Gasteiger partial charge in [0.1, 0.15) is 5.75 Å².